The van der Waals surface area contributed by atoms with Gasteiger partial charge in [0.15, 0.2) is 5.76 Å². The van der Waals surface area contributed by atoms with Crippen molar-refractivity contribution in [2.45, 2.75) is 12.0 Å². The third-order valence-corrected chi connectivity index (χ3v) is 3.33. The molecule has 1 aromatic heterocycles. The fourth-order valence-corrected chi connectivity index (χ4v) is 2.09. The van der Waals surface area contributed by atoms with Crippen molar-refractivity contribution in [2.75, 3.05) is 10.6 Å². The van der Waals surface area contributed by atoms with E-state index in [0.717, 1.165) is 6.07 Å². The minimum absolute atomic E-state index is 0.185. The highest BCUT2D eigenvalue weighted by Gasteiger charge is 2.17. The molecule has 2 aromatic rings. The van der Waals surface area contributed by atoms with Crippen LogP contribution in [0.1, 0.15) is 17.5 Å². The van der Waals surface area contributed by atoms with Gasteiger partial charge in [-0.25, -0.2) is 13.6 Å². The molecular weight excluding hydrogens is 310 g/mol. The molecule has 0 aliphatic heterocycles. The molecule has 1 aromatic carbocycles. The first-order chi connectivity index (χ1) is 10.3. The van der Waals surface area contributed by atoms with E-state index in [2.05, 4.69) is 10.6 Å². The number of nitrogens with two attached hydrogens (primary N) is 1. The summed E-state index contributed by atoms with van der Waals surface area (Å²) in [5, 5.41) is 9.51. The van der Waals surface area contributed by atoms with Crippen molar-refractivity contribution in [2.24, 2.45) is 5.14 Å². The molecule has 0 unspecified atom stereocenters. The van der Waals surface area contributed by atoms with Crippen LogP contribution in [0.5, 0.6) is 0 Å². The van der Waals surface area contributed by atoms with Gasteiger partial charge in [-0.05, 0) is 36.4 Å². The number of furan rings is 1. The van der Waals surface area contributed by atoms with E-state index in [1.165, 1.54) is 13.0 Å². The van der Waals surface area contributed by atoms with Gasteiger partial charge in [-0.1, -0.05) is 0 Å². The lowest BCUT2D eigenvalue weighted by Crippen LogP contribution is -2.13. The van der Waals surface area contributed by atoms with Crippen LogP contribution in [0, 0.1) is 0 Å². The van der Waals surface area contributed by atoms with Crippen molar-refractivity contribution < 1.29 is 22.4 Å². The van der Waals surface area contributed by atoms with E-state index in [-0.39, 0.29) is 11.7 Å². The molecule has 0 aliphatic rings. The minimum atomic E-state index is -3.99. The Balaban J connectivity index is 2.08. The van der Waals surface area contributed by atoms with Crippen LogP contribution in [-0.2, 0) is 14.8 Å². The lowest BCUT2D eigenvalue weighted by Gasteiger charge is -2.05. The van der Waals surface area contributed by atoms with E-state index >= 15 is 0 Å². The van der Waals surface area contributed by atoms with Gasteiger partial charge in [0.25, 0.3) is 15.9 Å². The smallest absolute Gasteiger partial charge is 0.291 e. The van der Waals surface area contributed by atoms with Crippen LogP contribution in [0.25, 0.3) is 0 Å². The molecule has 0 atom stereocenters. The molecule has 22 heavy (non-hydrogen) atoms. The number of benzene rings is 1. The van der Waals surface area contributed by atoms with Crippen LogP contribution in [0.15, 0.2) is 45.9 Å². The second-order valence-corrected chi connectivity index (χ2v) is 5.87. The van der Waals surface area contributed by atoms with Gasteiger partial charge in [-0.2, -0.15) is 0 Å². The topological polar surface area (TPSA) is 132 Å². The number of primary sulfonamides is 1. The second-order valence-electron chi connectivity index (χ2n) is 4.38. The van der Waals surface area contributed by atoms with Crippen molar-refractivity contribution in [1.82, 2.24) is 0 Å². The Morgan fingerprint density at radius 3 is 2.00 bits per heavy atom. The van der Waals surface area contributed by atoms with Gasteiger partial charge in [0, 0.05) is 18.3 Å². The highest BCUT2D eigenvalue weighted by Crippen LogP contribution is 2.17. The largest absolute Gasteiger partial charge is 0.438 e. The van der Waals surface area contributed by atoms with Crippen LogP contribution in [-0.4, -0.2) is 20.2 Å². The van der Waals surface area contributed by atoms with E-state index in [9.17, 15) is 18.0 Å². The predicted octanol–water partition coefficient (Wildman–Crippen LogP) is 1.14. The summed E-state index contributed by atoms with van der Waals surface area (Å²) in [5.74, 6) is -1.01. The quantitative estimate of drug-likeness (QED) is 0.776. The van der Waals surface area contributed by atoms with Gasteiger partial charge >= 0.3 is 0 Å². The molecule has 9 heteroatoms. The summed E-state index contributed by atoms with van der Waals surface area (Å²) in [6.45, 7) is 1.38. The SMILES string of the molecule is CC(=O)Nc1ccc(NC(=O)c2ccc(S(N)(=O)=O)o2)cc1. The van der Waals surface area contributed by atoms with E-state index in [0.29, 0.717) is 11.4 Å². The number of anilines is 2. The van der Waals surface area contributed by atoms with E-state index in [1.54, 1.807) is 24.3 Å². The first-order valence-electron chi connectivity index (χ1n) is 6.07. The molecule has 2 rings (SSSR count). The van der Waals surface area contributed by atoms with Crippen molar-refractivity contribution in [3.05, 3.63) is 42.2 Å². The third-order valence-electron chi connectivity index (χ3n) is 2.55. The summed E-state index contributed by atoms with van der Waals surface area (Å²) >= 11 is 0. The number of nitrogens with one attached hydrogen (secondary N) is 2. The molecule has 0 saturated carbocycles. The zero-order chi connectivity index (χ0) is 16.3. The van der Waals surface area contributed by atoms with Crippen LogP contribution in [0.4, 0.5) is 11.4 Å². The Morgan fingerprint density at radius 1 is 1.00 bits per heavy atom. The van der Waals surface area contributed by atoms with Crippen molar-refractivity contribution >= 4 is 33.2 Å². The molecule has 0 aliphatic carbocycles. The van der Waals surface area contributed by atoms with Crippen molar-refractivity contribution in [3.63, 3.8) is 0 Å². The van der Waals surface area contributed by atoms with E-state index < -0.39 is 21.0 Å². The van der Waals surface area contributed by atoms with Gasteiger partial charge in [0.05, 0.1) is 0 Å². The molecule has 0 bridgehead atoms. The molecule has 2 amide bonds. The van der Waals surface area contributed by atoms with Gasteiger partial charge in [-0.15, -0.1) is 0 Å². The fourth-order valence-electron chi connectivity index (χ4n) is 1.63. The summed E-state index contributed by atoms with van der Waals surface area (Å²) in [6.07, 6.45) is 0. The molecule has 4 N–H and O–H groups in total. The maximum atomic E-state index is 11.9. The highest BCUT2D eigenvalue weighted by molar-refractivity contribution is 7.89. The van der Waals surface area contributed by atoms with Gasteiger partial charge in [0.1, 0.15) is 0 Å². The summed E-state index contributed by atoms with van der Waals surface area (Å²) in [5.41, 5.74) is 1.03. The minimum Gasteiger partial charge on any atom is -0.438 e. The lowest BCUT2D eigenvalue weighted by molar-refractivity contribution is -0.114. The first kappa shape index (κ1) is 15.7. The van der Waals surface area contributed by atoms with Crippen LogP contribution in [0.2, 0.25) is 0 Å². The number of hydrogen-bond donors (Lipinski definition) is 3. The monoisotopic (exact) mass is 323 g/mol. The Hall–Kier alpha value is -2.65. The van der Waals surface area contributed by atoms with Crippen LogP contribution < -0.4 is 15.8 Å². The standard InChI is InChI=1S/C13H13N3O5S/c1-8(17)15-9-2-4-10(5-3-9)16-13(18)11-6-7-12(21-11)22(14,19)20/h2-7H,1H3,(H,15,17)(H,16,18)(H2,14,19,20). The van der Waals surface area contributed by atoms with Gasteiger partial charge in [0.2, 0.25) is 11.0 Å². The molecule has 0 spiro atoms. The lowest BCUT2D eigenvalue weighted by atomic mass is 10.2. The summed E-state index contributed by atoms with van der Waals surface area (Å²) in [4.78, 5) is 22.8. The molecular formula is C13H13N3O5S. The Kier molecular flexibility index (Phi) is 4.29. The summed E-state index contributed by atoms with van der Waals surface area (Å²) in [7, 11) is -3.99. The number of carbonyl (C=O) groups is 2. The summed E-state index contributed by atoms with van der Waals surface area (Å²) < 4.78 is 27.0. The molecule has 0 radical (unpaired) electrons. The Bertz CT molecular complexity index is 808. The zero-order valence-electron chi connectivity index (χ0n) is 11.5. The predicted molar refractivity (Wildman–Crippen MR) is 78.8 cm³/mol. The number of amides is 2. The highest BCUT2D eigenvalue weighted by atomic mass is 32.2. The normalized spacial score (nSPS) is 11.0. The maximum absolute atomic E-state index is 11.9. The number of hydrogen-bond acceptors (Lipinski definition) is 5. The number of sulfonamides is 1. The average Bonchev–Trinajstić information content (AvgIpc) is 2.90. The zero-order valence-corrected chi connectivity index (χ0v) is 12.3. The van der Waals surface area contributed by atoms with Gasteiger partial charge in [-0.3, -0.25) is 9.59 Å². The molecule has 116 valence electrons. The van der Waals surface area contributed by atoms with Gasteiger partial charge < -0.3 is 15.1 Å². The van der Waals surface area contributed by atoms with Crippen molar-refractivity contribution in [1.29, 1.82) is 0 Å². The molecule has 8 nitrogen and oxygen atoms in total. The fraction of sp³-hybridized carbons (Fsp3) is 0.0769. The number of carbonyl (C=O) groups excluding carboxylic acids is 2. The maximum Gasteiger partial charge on any atom is 0.291 e. The van der Waals surface area contributed by atoms with E-state index in [4.69, 9.17) is 9.56 Å². The third kappa shape index (κ3) is 3.93. The van der Waals surface area contributed by atoms with E-state index in [1.807, 2.05) is 0 Å². The molecule has 1 heterocycles. The molecule has 0 saturated heterocycles. The van der Waals surface area contributed by atoms with Crippen LogP contribution in [0.3, 0.4) is 0 Å². The molecule has 0 fully saturated rings. The first-order valence-corrected chi connectivity index (χ1v) is 7.62. The van der Waals surface area contributed by atoms with Crippen molar-refractivity contribution in [3.8, 4) is 0 Å². The number of rotatable bonds is 4. The van der Waals surface area contributed by atoms with Crippen LogP contribution >= 0.6 is 0 Å². The summed E-state index contributed by atoms with van der Waals surface area (Å²) in [6, 6.07) is 8.67. The Labute approximate surface area is 126 Å². The Morgan fingerprint density at radius 2 is 1.55 bits per heavy atom. The average molecular weight is 323 g/mol. The second kappa shape index (κ2) is 6.00.